The maximum Gasteiger partial charge on any atom is 0.258 e. The first-order valence-corrected chi connectivity index (χ1v) is 15.7. The van der Waals surface area contributed by atoms with Crippen molar-refractivity contribution in [3.8, 4) is 5.88 Å². The molecule has 3 N–H and O–H groups in total. The van der Waals surface area contributed by atoms with Gasteiger partial charge in [0.15, 0.2) is 0 Å². The van der Waals surface area contributed by atoms with Gasteiger partial charge in [-0.3, -0.25) is 9.59 Å². The van der Waals surface area contributed by atoms with Gasteiger partial charge in [-0.05, 0) is 87.4 Å². The second-order valence-electron chi connectivity index (χ2n) is 13.2. The van der Waals surface area contributed by atoms with Crippen LogP contribution in [-0.4, -0.2) is 76.5 Å². The van der Waals surface area contributed by atoms with Crippen LogP contribution in [0.1, 0.15) is 87.4 Å². The highest BCUT2D eigenvalue weighted by Crippen LogP contribution is 2.53. The fraction of sp³-hybridized carbons (Fsp3) is 0.833. The molecular weight excluding hydrogens is 494 g/mol. The first-order valence-electron chi connectivity index (χ1n) is 15.7. The van der Waals surface area contributed by atoms with Crippen LogP contribution in [0.3, 0.4) is 0 Å². The Hall–Kier alpha value is -2.13. The van der Waals surface area contributed by atoms with Crippen LogP contribution in [0.4, 0.5) is 0 Å². The van der Waals surface area contributed by atoms with E-state index in [4.69, 9.17) is 9.84 Å². The van der Waals surface area contributed by atoms with Crippen LogP contribution in [0, 0.1) is 29.6 Å². The zero-order valence-electron chi connectivity index (χ0n) is 23.4. The first-order chi connectivity index (χ1) is 19.1. The van der Waals surface area contributed by atoms with E-state index in [-0.39, 0.29) is 17.9 Å². The van der Waals surface area contributed by atoms with Gasteiger partial charge in [0.1, 0.15) is 12.2 Å². The van der Waals surface area contributed by atoms with Crippen LogP contribution in [0.2, 0.25) is 0 Å². The molecule has 7 rings (SSSR count). The maximum atomic E-state index is 13.7. The summed E-state index contributed by atoms with van der Waals surface area (Å²) in [6.45, 7) is 3.45. The van der Waals surface area contributed by atoms with Crippen LogP contribution < -0.4 is 15.4 Å². The molecule has 2 heterocycles. The number of hydrogen-bond acceptors (Lipinski definition) is 6. The molecule has 4 bridgehead atoms. The largest absolute Gasteiger partial charge is 0.477 e. The number of nitrogens with one attached hydrogen (secondary N) is 2. The average Bonchev–Trinajstić information content (AvgIpc) is 3.36. The zero-order valence-corrected chi connectivity index (χ0v) is 23.4. The number of amides is 2. The molecule has 5 aliphatic carbocycles. The Kier molecular flexibility index (Phi) is 8.44. The molecule has 1 aromatic rings. The highest BCUT2D eigenvalue weighted by molar-refractivity contribution is 5.96. The second kappa shape index (κ2) is 12.2. The van der Waals surface area contributed by atoms with Gasteiger partial charge in [-0.1, -0.05) is 19.3 Å². The topological polar surface area (TPSA) is 109 Å². The van der Waals surface area contributed by atoms with E-state index in [1.54, 1.807) is 6.20 Å². The molecule has 9 nitrogen and oxygen atoms in total. The van der Waals surface area contributed by atoms with Gasteiger partial charge < -0.3 is 25.4 Å². The molecule has 6 aliphatic rings. The smallest absolute Gasteiger partial charge is 0.258 e. The second-order valence-corrected chi connectivity index (χ2v) is 13.2. The molecule has 1 aliphatic heterocycles. The lowest BCUT2D eigenvalue weighted by atomic mass is 9.54. The van der Waals surface area contributed by atoms with Crippen molar-refractivity contribution >= 4 is 11.8 Å². The highest BCUT2D eigenvalue weighted by atomic mass is 16.5. The zero-order chi connectivity index (χ0) is 26.8. The van der Waals surface area contributed by atoms with Crippen molar-refractivity contribution in [2.75, 3.05) is 32.8 Å². The van der Waals surface area contributed by atoms with Crippen molar-refractivity contribution in [2.24, 2.45) is 29.6 Å². The first kappa shape index (κ1) is 27.1. The summed E-state index contributed by atoms with van der Waals surface area (Å²) in [5.41, 5.74) is 0.588. The van der Waals surface area contributed by atoms with Crippen LogP contribution in [0.25, 0.3) is 0 Å². The van der Waals surface area contributed by atoms with Crippen molar-refractivity contribution in [3.05, 3.63) is 11.8 Å². The molecule has 216 valence electrons. The van der Waals surface area contributed by atoms with E-state index in [1.165, 1.54) is 64.2 Å². The maximum absolute atomic E-state index is 13.7. The number of carbonyl (C=O) groups excluding carboxylic acids is 2. The minimum absolute atomic E-state index is 0.0159. The lowest BCUT2D eigenvalue weighted by molar-refractivity contribution is -0.124. The molecule has 0 atom stereocenters. The molecule has 0 radical (unpaired) electrons. The molecular formula is C30H47N5O4. The molecule has 6 fully saturated rings. The van der Waals surface area contributed by atoms with Gasteiger partial charge in [0.25, 0.3) is 5.91 Å². The van der Waals surface area contributed by atoms with Gasteiger partial charge in [-0.2, -0.15) is 5.10 Å². The SMILES string of the molecule is O=C(CO)NC1CCN(CCn2ncc(C(=O)NC3C4CC5CC(C4)CC3C5)c2OCC2CCCCC2)CC1. The van der Waals surface area contributed by atoms with Crippen molar-refractivity contribution < 1.29 is 19.4 Å². The van der Waals surface area contributed by atoms with E-state index in [1.807, 2.05) is 4.68 Å². The van der Waals surface area contributed by atoms with Crippen molar-refractivity contribution in [1.29, 1.82) is 0 Å². The number of aliphatic hydroxyl groups excluding tert-OH is 1. The van der Waals surface area contributed by atoms with Gasteiger partial charge in [-0.25, -0.2) is 4.68 Å². The molecule has 1 aromatic heterocycles. The lowest BCUT2D eigenvalue weighted by Crippen LogP contribution is -2.55. The Morgan fingerprint density at radius 1 is 0.923 bits per heavy atom. The van der Waals surface area contributed by atoms with Crippen LogP contribution in [0.15, 0.2) is 6.20 Å². The third kappa shape index (κ3) is 6.29. The van der Waals surface area contributed by atoms with Crippen LogP contribution in [-0.2, 0) is 11.3 Å². The Morgan fingerprint density at radius 2 is 1.62 bits per heavy atom. The number of rotatable bonds is 10. The Labute approximate surface area is 232 Å². The van der Waals surface area contributed by atoms with Gasteiger partial charge in [0, 0.05) is 31.7 Å². The number of likely N-dealkylation sites (tertiary alicyclic amines) is 1. The molecule has 0 unspecified atom stereocenters. The molecule has 5 saturated carbocycles. The number of piperidine rings is 1. The van der Waals surface area contributed by atoms with E-state index >= 15 is 0 Å². The number of aliphatic hydroxyl groups is 1. The predicted octanol–water partition coefficient (Wildman–Crippen LogP) is 2.97. The fourth-order valence-corrected chi connectivity index (χ4v) is 8.59. The summed E-state index contributed by atoms with van der Waals surface area (Å²) in [4.78, 5) is 27.6. The normalized spacial score (nSPS) is 31.4. The monoisotopic (exact) mass is 541 g/mol. The standard InChI is InChI=1S/C30H47N5O4/c36-18-27(37)32-25-6-8-34(9-7-25)10-11-35-30(39-19-20-4-2-1-3-5-20)26(17-31-35)29(38)33-28-23-13-21-12-22(15-23)16-24(28)14-21/h17,20-25,28,36H,1-16,18-19H2,(H,32,37)(H,33,38). The summed E-state index contributed by atoms with van der Waals surface area (Å²) in [6, 6.07) is 0.424. The quantitative estimate of drug-likeness (QED) is 0.420. The van der Waals surface area contributed by atoms with E-state index in [0.717, 1.165) is 44.3 Å². The van der Waals surface area contributed by atoms with Gasteiger partial charge in [0.2, 0.25) is 11.8 Å². The van der Waals surface area contributed by atoms with E-state index in [2.05, 4.69) is 20.6 Å². The van der Waals surface area contributed by atoms with Crippen LogP contribution >= 0.6 is 0 Å². The summed E-state index contributed by atoms with van der Waals surface area (Å²) in [5, 5.41) is 20.0. The lowest BCUT2D eigenvalue weighted by Gasteiger charge is -2.54. The molecule has 9 heteroatoms. The number of ether oxygens (including phenoxy) is 1. The van der Waals surface area contributed by atoms with Crippen molar-refractivity contribution in [1.82, 2.24) is 25.3 Å². The van der Waals surface area contributed by atoms with Gasteiger partial charge >= 0.3 is 0 Å². The molecule has 1 saturated heterocycles. The minimum atomic E-state index is -0.456. The summed E-state index contributed by atoms with van der Waals surface area (Å²) < 4.78 is 8.34. The third-order valence-corrected chi connectivity index (χ3v) is 10.5. The van der Waals surface area contributed by atoms with E-state index < -0.39 is 6.61 Å². The van der Waals surface area contributed by atoms with Gasteiger partial charge in [0.05, 0.1) is 19.3 Å². The number of aromatic nitrogens is 2. The summed E-state index contributed by atoms with van der Waals surface area (Å²) in [6.07, 6.45) is 16.2. The van der Waals surface area contributed by atoms with Gasteiger partial charge in [-0.15, -0.1) is 0 Å². The van der Waals surface area contributed by atoms with E-state index in [0.29, 0.717) is 48.4 Å². The Bertz CT molecular complexity index is 969. The fourth-order valence-electron chi connectivity index (χ4n) is 8.59. The molecule has 0 aromatic carbocycles. The number of carbonyl (C=O) groups is 2. The van der Waals surface area contributed by atoms with E-state index in [9.17, 15) is 9.59 Å². The van der Waals surface area contributed by atoms with Crippen molar-refractivity contribution in [2.45, 2.75) is 95.7 Å². The Balaban J connectivity index is 1.09. The molecule has 0 spiro atoms. The highest BCUT2D eigenvalue weighted by Gasteiger charge is 2.48. The van der Waals surface area contributed by atoms with Crippen LogP contribution in [0.5, 0.6) is 5.88 Å². The predicted molar refractivity (Wildman–Crippen MR) is 147 cm³/mol. The number of nitrogens with zero attached hydrogens (tertiary/aromatic N) is 3. The Morgan fingerprint density at radius 3 is 2.28 bits per heavy atom. The molecule has 2 amide bonds. The third-order valence-electron chi connectivity index (χ3n) is 10.5. The molecule has 39 heavy (non-hydrogen) atoms. The summed E-state index contributed by atoms with van der Waals surface area (Å²) in [7, 11) is 0. The number of hydrogen-bond donors (Lipinski definition) is 3. The van der Waals surface area contributed by atoms with Crippen molar-refractivity contribution in [3.63, 3.8) is 0 Å². The summed E-state index contributed by atoms with van der Waals surface area (Å²) >= 11 is 0. The average molecular weight is 542 g/mol. The minimum Gasteiger partial charge on any atom is -0.477 e. The summed E-state index contributed by atoms with van der Waals surface area (Å²) in [5.74, 6) is 3.90.